The first kappa shape index (κ1) is 22.3. The molecule has 1 fully saturated rings. The minimum absolute atomic E-state index is 0.137. The lowest BCUT2D eigenvalue weighted by molar-refractivity contribution is -0.119. The van der Waals surface area contributed by atoms with Gasteiger partial charge in [-0.1, -0.05) is 24.3 Å². The van der Waals surface area contributed by atoms with Crippen LogP contribution in [-0.4, -0.2) is 61.1 Å². The molecule has 0 aliphatic carbocycles. The molecule has 0 radical (unpaired) electrons. The lowest BCUT2D eigenvalue weighted by Crippen LogP contribution is -2.36. The normalized spacial score (nSPS) is 14.1. The molecule has 6 nitrogen and oxygen atoms in total. The Morgan fingerprint density at radius 2 is 1.60 bits per heavy atom. The maximum Gasteiger partial charge on any atom is 0.238 e. The number of para-hydroxylation sites is 1. The second kappa shape index (κ2) is 11.2. The largest absolute Gasteiger partial charge is 0.325 e. The van der Waals surface area contributed by atoms with Gasteiger partial charge in [0.15, 0.2) is 0 Å². The van der Waals surface area contributed by atoms with Gasteiger partial charge in [-0.15, -0.1) is 11.8 Å². The summed E-state index contributed by atoms with van der Waals surface area (Å²) in [5, 5.41) is 5.82. The van der Waals surface area contributed by atoms with Crippen molar-refractivity contribution in [3.8, 4) is 0 Å². The molecule has 0 aromatic heterocycles. The zero-order valence-electron chi connectivity index (χ0n) is 17.7. The summed E-state index contributed by atoms with van der Waals surface area (Å²) < 4.78 is 0. The van der Waals surface area contributed by atoms with Gasteiger partial charge in [0, 0.05) is 17.1 Å². The Bertz CT molecular complexity index is 851. The molecule has 2 aromatic carbocycles. The zero-order chi connectivity index (χ0) is 21.3. The van der Waals surface area contributed by atoms with Gasteiger partial charge in [0.05, 0.1) is 18.8 Å². The number of nitrogens with one attached hydrogen (secondary N) is 2. The molecule has 2 aromatic rings. The van der Waals surface area contributed by atoms with E-state index in [1.807, 2.05) is 42.7 Å². The fraction of sp³-hybridized carbons (Fsp3) is 0.391. The summed E-state index contributed by atoms with van der Waals surface area (Å²) in [5.74, 6) is -0.278. The maximum absolute atomic E-state index is 12.3. The lowest BCUT2D eigenvalue weighted by atomic mass is 10.2. The molecule has 7 heteroatoms. The van der Waals surface area contributed by atoms with Crippen molar-refractivity contribution in [2.24, 2.45) is 0 Å². The van der Waals surface area contributed by atoms with Gasteiger partial charge >= 0.3 is 0 Å². The highest BCUT2D eigenvalue weighted by molar-refractivity contribution is 7.98. The predicted molar refractivity (Wildman–Crippen MR) is 124 cm³/mol. The average molecular weight is 427 g/mol. The van der Waals surface area contributed by atoms with Gasteiger partial charge in [-0.3, -0.25) is 19.4 Å². The first-order valence-electron chi connectivity index (χ1n) is 10.3. The van der Waals surface area contributed by atoms with Gasteiger partial charge in [-0.05, 0) is 69.1 Å². The van der Waals surface area contributed by atoms with Gasteiger partial charge in [0.2, 0.25) is 11.8 Å². The molecule has 30 heavy (non-hydrogen) atoms. The van der Waals surface area contributed by atoms with Crippen LogP contribution in [0.4, 0.5) is 11.4 Å². The SMILES string of the molecule is CSc1ccccc1NC(=O)CN(C)CC(=O)Nc1ccc(CN2CCCC2)cc1. The highest BCUT2D eigenvalue weighted by Gasteiger charge is 2.13. The van der Waals surface area contributed by atoms with E-state index in [-0.39, 0.29) is 24.9 Å². The number of likely N-dealkylation sites (tertiary alicyclic amines) is 1. The highest BCUT2D eigenvalue weighted by Crippen LogP contribution is 2.24. The maximum atomic E-state index is 12.3. The molecular formula is C23H30N4O2S. The fourth-order valence-corrected chi connectivity index (χ4v) is 4.13. The van der Waals surface area contributed by atoms with E-state index in [1.165, 1.54) is 31.5 Å². The average Bonchev–Trinajstić information content (AvgIpc) is 3.22. The van der Waals surface area contributed by atoms with Crippen molar-refractivity contribution < 1.29 is 9.59 Å². The van der Waals surface area contributed by atoms with Crippen molar-refractivity contribution in [3.05, 3.63) is 54.1 Å². The summed E-state index contributed by atoms with van der Waals surface area (Å²) in [6.07, 6.45) is 4.54. The van der Waals surface area contributed by atoms with Crippen molar-refractivity contribution in [3.63, 3.8) is 0 Å². The number of carbonyl (C=O) groups is 2. The third-order valence-corrected chi connectivity index (χ3v) is 5.85. The first-order chi connectivity index (χ1) is 14.5. The molecule has 1 saturated heterocycles. The molecule has 1 aliphatic rings. The van der Waals surface area contributed by atoms with E-state index in [2.05, 4.69) is 27.7 Å². The number of anilines is 2. The number of amides is 2. The Labute approximate surface area is 183 Å². The van der Waals surface area contributed by atoms with E-state index in [4.69, 9.17) is 0 Å². The van der Waals surface area contributed by atoms with Gasteiger partial charge in [-0.2, -0.15) is 0 Å². The molecule has 3 rings (SSSR count). The summed E-state index contributed by atoms with van der Waals surface area (Å²) in [4.78, 5) is 29.8. The standard InChI is InChI=1S/C23H30N4O2S/c1-26(17-23(29)25-20-7-3-4-8-21(20)30-2)16-22(28)24-19-11-9-18(10-12-19)15-27-13-5-6-14-27/h3-4,7-12H,5-6,13-17H2,1-2H3,(H,24,28)(H,25,29). The number of likely N-dealkylation sites (N-methyl/N-ethyl adjacent to an activating group) is 1. The molecule has 2 N–H and O–H groups in total. The van der Waals surface area contributed by atoms with Crippen LogP contribution < -0.4 is 10.6 Å². The van der Waals surface area contributed by atoms with Crippen LogP contribution >= 0.6 is 11.8 Å². The van der Waals surface area contributed by atoms with E-state index in [0.717, 1.165) is 22.8 Å². The summed E-state index contributed by atoms with van der Waals surface area (Å²) >= 11 is 1.58. The van der Waals surface area contributed by atoms with E-state index >= 15 is 0 Å². The number of carbonyl (C=O) groups excluding carboxylic acids is 2. The summed E-state index contributed by atoms with van der Waals surface area (Å²) in [5.41, 5.74) is 2.83. The number of rotatable bonds is 9. The second-order valence-electron chi connectivity index (χ2n) is 7.65. The quantitative estimate of drug-likeness (QED) is 0.601. The minimum atomic E-state index is -0.141. The summed E-state index contributed by atoms with van der Waals surface area (Å²) in [6.45, 7) is 3.59. The number of nitrogens with zero attached hydrogens (tertiary/aromatic N) is 2. The number of thioether (sulfide) groups is 1. The molecule has 2 amide bonds. The molecule has 0 spiro atoms. The van der Waals surface area contributed by atoms with Gasteiger partial charge < -0.3 is 10.6 Å². The summed E-state index contributed by atoms with van der Waals surface area (Å²) in [6, 6.07) is 15.7. The highest BCUT2D eigenvalue weighted by atomic mass is 32.2. The predicted octanol–water partition coefficient (Wildman–Crippen LogP) is 3.51. The van der Waals surface area contributed by atoms with Crippen molar-refractivity contribution in [1.29, 1.82) is 0 Å². The van der Waals surface area contributed by atoms with Crippen LogP contribution in [0.2, 0.25) is 0 Å². The Hall–Kier alpha value is -2.35. The Kier molecular flexibility index (Phi) is 8.30. The lowest BCUT2D eigenvalue weighted by Gasteiger charge is -2.17. The monoisotopic (exact) mass is 426 g/mol. The summed E-state index contributed by atoms with van der Waals surface area (Å²) in [7, 11) is 1.76. The second-order valence-corrected chi connectivity index (χ2v) is 8.50. The minimum Gasteiger partial charge on any atom is -0.325 e. The van der Waals surface area contributed by atoms with Crippen LogP contribution in [0.1, 0.15) is 18.4 Å². The van der Waals surface area contributed by atoms with Gasteiger partial charge in [0.1, 0.15) is 0 Å². The number of benzene rings is 2. The van der Waals surface area contributed by atoms with Gasteiger partial charge in [0.25, 0.3) is 0 Å². The van der Waals surface area contributed by atoms with Crippen LogP contribution in [0.3, 0.4) is 0 Å². The third-order valence-electron chi connectivity index (χ3n) is 5.05. The Balaban J connectivity index is 1.43. The van der Waals surface area contributed by atoms with Crippen LogP contribution in [0, 0.1) is 0 Å². The molecule has 0 bridgehead atoms. The third kappa shape index (κ3) is 6.86. The molecular weight excluding hydrogens is 396 g/mol. The fourth-order valence-electron chi connectivity index (χ4n) is 3.58. The van der Waals surface area contributed by atoms with E-state index in [0.29, 0.717) is 0 Å². The van der Waals surface area contributed by atoms with Crippen LogP contribution in [0.5, 0.6) is 0 Å². The van der Waals surface area contributed by atoms with Crippen LogP contribution in [0.25, 0.3) is 0 Å². The van der Waals surface area contributed by atoms with Crippen molar-refractivity contribution in [1.82, 2.24) is 9.80 Å². The van der Waals surface area contributed by atoms with Crippen LogP contribution in [-0.2, 0) is 16.1 Å². The Morgan fingerprint density at radius 1 is 0.967 bits per heavy atom. The number of hydrogen-bond donors (Lipinski definition) is 2. The molecule has 0 saturated carbocycles. The van der Waals surface area contributed by atoms with E-state index in [1.54, 1.807) is 23.7 Å². The Morgan fingerprint density at radius 3 is 2.27 bits per heavy atom. The molecule has 1 aliphatic heterocycles. The van der Waals surface area contributed by atoms with Crippen molar-refractivity contribution >= 4 is 35.0 Å². The van der Waals surface area contributed by atoms with E-state index in [9.17, 15) is 9.59 Å². The molecule has 0 unspecified atom stereocenters. The van der Waals surface area contributed by atoms with E-state index < -0.39 is 0 Å². The van der Waals surface area contributed by atoms with Crippen molar-refractivity contribution in [2.75, 3.05) is 50.1 Å². The van der Waals surface area contributed by atoms with Crippen molar-refractivity contribution in [2.45, 2.75) is 24.3 Å². The van der Waals surface area contributed by atoms with Gasteiger partial charge in [-0.25, -0.2) is 0 Å². The topological polar surface area (TPSA) is 64.7 Å². The number of hydrogen-bond acceptors (Lipinski definition) is 5. The molecule has 1 heterocycles. The first-order valence-corrected chi connectivity index (χ1v) is 11.5. The molecule has 0 atom stereocenters. The van der Waals surface area contributed by atoms with Crippen LogP contribution in [0.15, 0.2) is 53.4 Å². The smallest absolute Gasteiger partial charge is 0.238 e. The zero-order valence-corrected chi connectivity index (χ0v) is 18.5. The molecule has 160 valence electrons.